The van der Waals surface area contributed by atoms with Gasteiger partial charge in [-0.3, -0.25) is 0 Å². The number of fused-ring (bicyclic) bond motifs is 2. The Balaban J connectivity index is 2.00. The van der Waals surface area contributed by atoms with Gasteiger partial charge in [0.25, 0.3) is 0 Å². The van der Waals surface area contributed by atoms with Crippen molar-refractivity contribution in [2.45, 2.75) is 57.2 Å². The summed E-state index contributed by atoms with van der Waals surface area (Å²) in [7, 11) is 0. The van der Waals surface area contributed by atoms with Gasteiger partial charge in [0, 0.05) is 18.1 Å². The van der Waals surface area contributed by atoms with E-state index in [1.54, 1.807) is 0 Å². The van der Waals surface area contributed by atoms with Crippen LogP contribution in [-0.4, -0.2) is 18.1 Å². The summed E-state index contributed by atoms with van der Waals surface area (Å²) in [5.74, 6) is 0.758. The smallest absolute Gasteiger partial charge is 0.0113 e. The predicted octanol–water partition coefficient (Wildman–Crippen LogP) is 1.25. The van der Waals surface area contributed by atoms with E-state index in [2.05, 4.69) is 12.2 Å². The molecule has 2 fully saturated rings. The average molecular weight is 168 g/mol. The maximum absolute atomic E-state index is 6.15. The van der Waals surface area contributed by atoms with Gasteiger partial charge in [-0.2, -0.15) is 0 Å². The van der Waals surface area contributed by atoms with Gasteiger partial charge in [0.2, 0.25) is 0 Å². The molecule has 2 saturated heterocycles. The van der Waals surface area contributed by atoms with Crippen molar-refractivity contribution in [3.63, 3.8) is 0 Å². The van der Waals surface area contributed by atoms with E-state index in [-0.39, 0.29) is 0 Å². The highest BCUT2D eigenvalue weighted by atomic mass is 15.0. The topological polar surface area (TPSA) is 38.0 Å². The fourth-order valence-corrected chi connectivity index (χ4v) is 2.92. The van der Waals surface area contributed by atoms with E-state index in [9.17, 15) is 0 Å². The van der Waals surface area contributed by atoms with E-state index in [0.717, 1.165) is 18.0 Å². The molecule has 2 aliphatic rings. The Kier molecular flexibility index (Phi) is 2.37. The van der Waals surface area contributed by atoms with Crippen LogP contribution in [0, 0.1) is 5.92 Å². The van der Waals surface area contributed by atoms with Crippen molar-refractivity contribution >= 4 is 0 Å². The molecule has 2 nitrogen and oxygen atoms in total. The monoisotopic (exact) mass is 168 g/mol. The van der Waals surface area contributed by atoms with Crippen LogP contribution in [0.1, 0.15) is 39.0 Å². The zero-order chi connectivity index (χ0) is 8.55. The molecule has 2 aliphatic heterocycles. The summed E-state index contributed by atoms with van der Waals surface area (Å²) in [6.45, 7) is 2.26. The van der Waals surface area contributed by atoms with Gasteiger partial charge in [0.15, 0.2) is 0 Å². The summed E-state index contributed by atoms with van der Waals surface area (Å²) in [5, 5.41) is 3.68. The lowest BCUT2D eigenvalue weighted by atomic mass is 9.84. The molecular formula is C10H20N2. The van der Waals surface area contributed by atoms with Crippen molar-refractivity contribution in [2.75, 3.05) is 0 Å². The second-order valence-corrected chi connectivity index (χ2v) is 4.40. The zero-order valence-corrected chi connectivity index (χ0v) is 7.92. The Labute approximate surface area is 74.9 Å². The van der Waals surface area contributed by atoms with E-state index < -0.39 is 0 Å². The molecule has 0 spiro atoms. The quantitative estimate of drug-likeness (QED) is 0.651. The fraction of sp³-hybridized carbons (Fsp3) is 1.00. The largest absolute Gasteiger partial charge is 0.327 e. The molecule has 2 bridgehead atoms. The maximum Gasteiger partial charge on any atom is 0.0113 e. The molecule has 3 N–H and O–H groups in total. The van der Waals surface area contributed by atoms with Crippen LogP contribution in [0.3, 0.4) is 0 Å². The molecule has 4 atom stereocenters. The van der Waals surface area contributed by atoms with Crippen LogP contribution >= 0.6 is 0 Å². The first-order chi connectivity index (χ1) is 5.81. The molecule has 0 aliphatic carbocycles. The molecular weight excluding hydrogens is 148 g/mol. The molecule has 2 heterocycles. The highest BCUT2D eigenvalue weighted by molar-refractivity contribution is 4.98. The summed E-state index contributed by atoms with van der Waals surface area (Å²) in [6, 6.07) is 1.97. The highest BCUT2D eigenvalue weighted by Gasteiger charge is 2.38. The van der Waals surface area contributed by atoms with Gasteiger partial charge in [-0.05, 0) is 31.6 Å². The molecule has 0 radical (unpaired) electrons. The van der Waals surface area contributed by atoms with Gasteiger partial charge in [0.05, 0.1) is 0 Å². The Hall–Kier alpha value is -0.0800. The Morgan fingerprint density at radius 1 is 1.42 bits per heavy atom. The van der Waals surface area contributed by atoms with Gasteiger partial charge >= 0.3 is 0 Å². The molecule has 0 aromatic carbocycles. The van der Waals surface area contributed by atoms with E-state index in [1.807, 2.05) is 0 Å². The van der Waals surface area contributed by atoms with Gasteiger partial charge in [-0.25, -0.2) is 0 Å². The SMILES string of the molecule is CCCC1C(N)CC2CCC1N2. The lowest BCUT2D eigenvalue weighted by Gasteiger charge is -2.35. The minimum Gasteiger partial charge on any atom is -0.327 e. The third kappa shape index (κ3) is 1.38. The van der Waals surface area contributed by atoms with E-state index >= 15 is 0 Å². The molecule has 2 rings (SSSR count). The molecule has 4 unspecified atom stereocenters. The molecule has 0 aromatic rings. The van der Waals surface area contributed by atoms with Crippen LogP contribution in [0.2, 0.25) is 0 Å². The molecule has 2 heteroatoms. The average Bonchev–Trinajstić information content (AvgIpc) is 2.43. The van der Waals surface area contributed by atoms with Crippen molar-refractivity contribution in [3.05, 3.63) is 0 Å². The van der Waals surface area contributed by atoms with Crippen molar-refractivity contribution < 1.29 is 0 Å². The second kappa shape index (κ2) is 3.35. The van der Waals surface area contributed by atoms with Crippen molar-refractivity contribution in [2.24, 2.45) is 11.7 Å². The number of hydrogen-bond donors (Lipinski definition) is 2. The normalized spacial score (nSPS) is 46.5. The molecule has 0 aromatic heterocycles. The van der Waals surface area contributed by atoms with Gasteiger partial charge in [-0.15, -0.1) is 0 Å². The molecule has 0 saturated carbocycles. The number of piperidine rings is 1. The summed E-state index contributed by atoms with van der Waals surface area (Å²) in [6.07, 6.45) is 6.52. The van der Waals surface area contributed by atoms with Crippen LogP contribution in [0.4, 0.5) is 0 Å². The first kappa shape index (κ1) is 8.52. The number of hydrogen-bond acceptors (Lipinski definition) is 2. The van der Waals surface area contributed by atoms with Crippen molar-refractivity contribution in [1.82, 2.24) is 5.32 Å². The van der Waals surface area contributed by atoms with Crippen LogP contribution in [0.5, 0.6) is 0 Å². The predicted molar refractivity (Wildman–Crippen MR) is 50.9 cm³/mol. The summed E-state index contributed by atoms with van der Waals surface area (Å²) in [4.78, 5) is 0. The van der Waals surface area contributed by atoms with E-state index in [1.165, 1.54) is 32.1 Å². The standard InChI is InChI=1S/C10H20N2/c1-2-3-8-9(11)6-7-4-5-10(8)12-7/h7-10,12H,2-6,11H2,1H3. The highest BCUT2D eigenvalue weighted by Crippen LogP contribution is 2.32. The summed E-state index contributed by atoms with van der Waals surface area (Å²) >= 11 is 0. The van der Waals surface area contributed by atoms with Gasteiger partial charge in [0.1, 0.15) is 0 Å². The van der Waals surface area contributed by atoms with Crippen LogP contribution in [0.15, 0.2) is 0 Å². The Bertz CT molecular complexity index is 158. The summed E-state index contributed by atoms with van der Waals surface area (Å²) in [5.41, 5.74) is 6.15. The van der Waals surface area contributed by atoms with Gasteiger partial charge in [-0.1, -0.05) is 13.3 Å². The Morgan fingerprint density at radius 3 is 3.00 bits per heavy atom. The molecule has 70 valence electrons. The third-order valence-electron chi connectivity index (χ3n) is 3.52. The van der Waals surface area contributed by atoms with Crippen LogP contribution < -0.4 is 11.1 Å². The lowest BCUT2D eigenvalue weighted by molar-refractivity contribution is 0.237. The lowest BCUT2D eigenvalue weighted by Crippen LogP contribution is -2.51. The number of nitrogens with one attached hydrogen (secondary N) is 1. The van der Waals surface area contributed by atoms with Gasteiger partial charge < -0.3 is 11.1 Å². The maximum atomic E-state index is 6.15. The fourth-order valence-electron chi connectivity index (χ4n) is 2.92. The summed E-state index contributed by atoms with van der Waals surface area (Å²) < 4.78 is 0. The zero-order valence-electron chi connectivity index (χ0n) is 7.92. The minimum atomic E-state index is 0.476. The number of rotatable bonds is 2. The van der Waals surface area contributed by atoms with Crippen molar-refractivity contribution in [3.8, 4) is 0 Å². The number of nitrogens with two attached hydrogens (primary N) is 1. The second-order valence-electron chi connectivity index (χ2n) is 4.40. The van der Waals surface area contributed by atoms with E-state index in [4.69, 9.17) is 5.73 Å². The Morgan fingerprint density at radius 2 is 2.25 bits per heavy atom. The molecule has 0 amide bonds. The first-order valence-corrected chi connectivity index (χ1v) is 5.33. The van der Waals surface area contributed by atoms with Crippen LogP contribution in [0.25, 0.3) is 0 Å². The molecule has 12 heavy (non-hydrogen) atoms. The third-order valence-corrected chi connectivity index (χ3v) is 3.52. The first-order valence-electron chi connectivity index (χ1n) is 5.33. The minimum absolute atomic E-state index is 0.476. The van der Waals surface area contributed by atoms with Crippen molar-refractivity contribution in [1.29, 1.82) is 0 Å². The van der Waals surface area contributed by atoms with E-state index in [0.29, 0.717) is 6.04 Å². The van der Waals surface area contributed by atoms with Crippen LogP contribution in [-0.2, 0) is 0 Å².